The molecule has 0 bridgehead atoms. The van der Waals surface area contributed by atoms with Gasteiger partial charge in [0, 0.05) is 6.54 Å². The number of nitrogens with zero attached hydrogens (tertiary/aromatic N) is 1. The largest absolute Gasteiger partial charge is 0.481 e. The zero-order valence-corrected chi connectivity index (χ0v) is 12.5. The first-order chi connectivity index (χ1) is 9.56. The van der Waals surface area contributed by atoms with Crippen LogP contribution in [0.25, 0.3) is 0 Å². The number of aliphatic hydroxyl groups is 1. The fourth-order valence-electron chi connectivity index (χ4n) is 2.12. The third-order valence-corrected chi connectivity index (χ3v) is 3.12. The standard InChI is InChI=1S/C13H21NO7/c1-13(2,3)21-12(19)14-6-7(10(16)17)5-8(9(14)15)11(18)20-4/h7-9,15H,5-6H2,1-4H3,(H,16,17). The Morgan fingerprint density at radius 3 is 2.24 bits per heavy atom. The number of amides is 1. The lowest BCUT2D eigenvalue weighted by Gasteiger charge is -2.39. The fourth-order valence-corrected chi connectivity index (χ4v) is 2.12. The van der Waals surface area contributed by atoms with Crippen LogP contribution in [-0.2, 0) is 19.1 Å². The number of carbonyl (C=O) groups excluding carboxylic acids is 2. The van der Waals surface area contributed by atoms with Crippen LogP contribution in [0.3, 0.4) is 0 Å². The van der Waals surface area contributed by atoms with Crippen molar-refractivity contribution in [3.63, 3.8) is 0 Å². The summed E-state index contributed by atoms with van der Waals surface area (Å²) in [6, 6.07) is 0. The van der Waals surface area contributed by atoms with E-state index in [-0.39, 0.29) is 13.0 Å². The summed E-state index contributed by atoms with van der Waals surface area (Å²) in [5.74, 6) is -3.99. The van der Waals surface area contributed by atoms with Crippen LogP contribution in [0.2, 0.25) is 0 Å². The van der Waals surface area contributed by atoms with E-state index in [4.69, 9.17) is 9.84 Å². The summed E-state index contributed by atoms with van der Waals surface area (Å²) >= 11 is 0. The molecule has 1 amide bonds. The summed E-state index contributed by atoms with van der Waals surface area (Å²) in [5.41, 5.74) is -0.798. The van der Waals surface area contributed by atoms with Gasteiger partial charge in [-0.3, -0.25) is 14.5 Å². The van der Waals surface area contributed by atoms with Crippen LogP contribution in [0, 0.1) is 11.8 Å². The Labute approximate surface area is 122 Å². The summed E-state index contributed by atoms with van der Waals surface area (Å²) in [5, 5.41) is 19.2. The van der Waals surface area contributed by atoms with Gasteiger partial charge in [0.2, 0.25) is 0 Å². The molecular weight excluding hydrogens is 282 g/mol. The van der Waals surface area contributed by atoms with Crippen LogP contribution in [0.15, 0.2) is 0 Å². The Morgan fingerprint density at radius 1 is 1.24 bits per heavy atom. The fraction of sp³-hybridized carbons (Fsp3) is 0.769. The molecular formula is C13H21NO7. The van der Waals surface area contributed by atoms with Gasteiger partial charge in [-0.25, -0.2) is 4.79 Å². The molecule has 1 saturated heterocycles. The Hall–Kier alpha value is -1.83. The quantitative estimate of drug-likeness (QED) is 0.711. The maximum atomic E-state index is 12.0. The van der Waals surface area contributed by atoms with Crippen molar-refractivity contribution >= 4 is 18.0 Å². The van der Waals surface area contributed by atoms with Crippen LogP contribution >= 0.6 is 0 Å². The van der Waals surface area contributed by atoms with Gasteiger partial charge in [-0.2, -0.15) is 0 Å². The van der Waals surface area contributed by atoms with Gasteiger partial charge in [-0.15, -0.1) is 0 Å². The number of piperidine rings is 1. The topological polar surface area (TPSA) is 113 Å². The molecule has 8 heteroatoms. The molecule has 3 unspecified atom stereocenters. The van der Waals surface area contributed by atoms with Crippen molar-refractivity contribution in [3.05, 3.63) is 0 Å². The zero-order valence-electron chi connectivity index (χ0n) is 12.5. The molecule has 1 heterocycles. The molecule has 1 fully saturated rings. The van der Waals surface area contributed by atoms with Gasteiger partial charge in [0.05, 0.1) is 13.0 Å². The summed E-state index contributed by atoms with van der Waals surface area (Å²) in [6.07, 6.45) is -2.43. The van der Waals surface area contributed by atoms with E-state index in [1.807, 2.05) is 0 Å². The van der Waals surface area contributed by atoms with Crippen molar-refractivity contribution < 1.29 is 34.1 Å². The highest BCUT2D eigenvalue weighted by Gasteiger charge is 2.45. The van der Waals surface area contributed by atoms with Gasteiger partial charge in [0.25, 0.3) is 0 Å². The number of aliphatic hydroxyl groups excluding tert-OH is 1. The molecule has 3 atom stereocenters. The normalized spacial score (nSPS) is 26.1. The Morgan fingerprint density at radius 2 is 1.81 bits per heavy atom. The summed E-state index contributed by atoms with van der Waals surface area (Å²) in [7, 11) is 1.14. The molecule has 8 nitrogen and oxygen atoms in total. The van der Waals surface area contributed by atoms with E-state index < -0.39 is 41.7 Å². The number of carbonyl (C=O) groups is 3. The first-order valence-electron chi connectivity index (χ1n) is 6.55. The lowest BCUT2D eigenvalue weighted by Crippen LogP contribution is -2.56. The minimum Gasteiger partial charge on any atom is -0.481 e. The summed E-state index contributed by atoms with van der Waals surface area (Å²) < 4.78 is 9.67. The highest BCUT2D eigenvalue weighted by molar-refractivity contribution is 5.78. The molecule has 21 heavy (non-hydrogen) atoms. The molecule has 0 aliphatic carbocycles. The number of rotatable bonds is 2. The van der Waals surface area contributed by atoms with Gasteiger partial charge >= 0.3 is 18.0 Å². The molecule has 120 valence electrons. The highest BCUT2D eigenvalue weighted by atomic mass is 16.6. The first-order valence-corrected chi connectivity index (χ1v) is 6.55. The van der Waals surface area contributed by atoms with Gasteiger partial charge in [-0.05, 0) is 27.2 Å². The van der Waals surface area contributed by atoms with E-state index in [2.05, 4.69) is 4.74 Å². The molecule has 0 aromatic heterocycles. The maximum absolute atomic E-state index is 12.0. The van der Waals surface area contributed by atoms with Crippen molar-refractivity contribution in [1.82, 2.24) is 4.90 Å². The van der Waals surface area contributed by atoms with Gasteiger partial charge in [-0.1, -0.05) is 0 Å². The van der Waals surface area contributed by atoms with E-state index in [0.29, 0.717) is 0 Å². The number of hydrogen-bond donors (Lipinski definition) is 2. The number of carboxylic acid groups (broad SMARTS) is 1. The number of methoxy groups -OCH3 is 1. The van der Waals surface area contributed by atoms with Crippen molar-refractivity contribution in [2.75, 3.05) is 13.7 Å². The Balaban J connectivity index is 2.97. The molecule has 0 aromatic carbocycles. The van der Waals surface area contributed by atoms with Crippen molar-refractivity contribution in [3.8, 4) is 0 Å². The number of hydrogen-bond acceptors (Lipinski definition) is 6. The molecule has 0 radical (unpaired) electrons. The minimum absolute atomic E-state index is 0.0948. The molecule has 1 rings (SSSR count). The predicted molar refractivity (Wildman–Crippen MR) is 70.2 cm³/mol. The highest BCUT2D eigenvalue weighted by Crippen LogP contribution is 2.29. The lowest BCUT2D eigenvalue weighted by molar-refractivity contribution is -0.165. The molecule has 0 saturated carbocycles. The molecule has 0 spiro atoms. The van der Waals surface area contributed by atoms with Gasteiger partial charge in [0.15, 0.2) is 0 Å². The summed E-state index contributed by atoms with van der Waals surface area (Å²) in [4.78, 5) is 35.7. The van der Waals surface area contributed by atoms with Crippen LogP contribution in [-0.4, -0.2) is 58.6 Å². The smallest absolute Gasteiger partial charge is 0.412 e. The van der Waals surface area contributed by atoms with E-state index in [1.165, 1.54) is 0 Å². The van der Waals surface area contributed by atoms with E-state index in [0.717, 1.165) is 12.0 Å². The van der Waals surface area contributed by atoms with Crippen molar-refractivity contribution in [2.24, 2.45) is 11.8 Å². The summed E-state index contributed by atoms with van der Waals surface area (Å²) in [6.45, 7) is 4.72. The predicted octanol–water partition coefficient (Wildman–Crippen LogP) is 0.436. The molecule has 0 aromatic rings. The van der Waals surface area contributed by atoms with E-state index in [9.17, 15) is 19.5 Å². The number of likely N-dealkylation sites (tertiary alicyclic amines) is 1. The van der Waals surface area contributed by atoms with Crippen molar-refractivity contribution in [2.45, 2.75) is 39.0 Å². The van der Waals surface area contributed by atoms with Crippen LogP contribution < -0.4 is 0 Å². The first kappa shape index (κ1) is 17.2. The lowest BCUT2D eigenvalue weighted by atomic mass is 9.88. The van der Waals surface area contributed by atoms with Gasteiger partial charge in [0.1, 0.15) is 17.7 Å². The monoisotopic (exact) mass is 303 g/mol. The molecule has 1 aliphatic heterocycles. The molecule has 1 aliphatic rings. The Bertz CT molecular complexity index is 429. The zero-order chi connectivity index (χ0) is 16.4. The molecule has 2 N–H and O–H groups in total. The Kier molecular flexibility index (Phi) is 5.16. The second kappa shape index (κ2) is 6.30. The second-order valence-electron chi connectivity index (χ2n) is 5.95. The number of aliphatic carboxylic acids is 1. The SMILES string of the molecule is COC(=O)C1CC(C(=O)O)CN(C(=O)OC(C)(C)C)C1O. The van der Waals surface area contributed by atoms with E-state index >= 15 is 0 Å². The van der Waals surface area contributed by atoms with Crippen molar-refractivity contribution in [1.29, 1.82) is 0 Å². The second-order valence-corrected chi connectivity index (χ2v) is 5.95. The van der Waals surface area contributed by atoms with Crippen LogP contribution in [0.4, 0.5) is 4.79 Å². The average Bonchev–Trinajstić information content (AvgIpc) is 2.35. The number of ether oxygens (including phenoxy) is 2. The minimum atomic E-state index is -1.47. The third-order valence-electron chi connectivity index (χ3n) is 3.12. The number of carboxylic acids is 1. The average molecular weight is 303 g/mol. The third kappa shape index (κ3) is 4.32. The number of esters is 1. The van der Waals surface area contributed by atoms with Crippen LogP contribution in [0.1, 0.15) is 27.2 Å². The maximum Gasteiger partial charge on any atom is 0.412 e. The van der Waals surface area contributed by atoms with Gasteiger partial charge < -0.3 is 19.7 Å². The van der Waals surface area contributed by atoms with E-state index in [1.54, 1.807) is 20.8 Å². The van der Waals surface area contributed by atoms with Crippen LogP contribution in [0.5, 0.6) is 0 Å².